The molecule has 0 aliphatic carbocycles. The van der Waals surface area contributed by atoms with E-state index in [1.807, 2.05) is 19.1 Å². The zero-order valence-electron chi connectivity index (χ0n) is 12.2. The Morgan fingerprint density at radius 2 is 1.86 bits per heavy atom. The second-order valence-corrected chi connectivity index (χ2v) is 5.14. The minimum absolute atomic E-state index is 0.113. The van der Waals surface area contributed by atoms with Gasteiger partial charge in [-0.15, -0.1) is 0 Å². The highest BCUT2D eigenvalue weighted by Gasteiger charge is 2.21. The highest BCUT2D eigenvalue weighted by atomic mass is 16.7. The second kappa shape index (κ2) is 4.59. The summed E-state index contributed by atoms with van der Waals surface area (Å²) in [6.45, 7) is 2.18. The lowest BCUT2D eigenvalue weighted by atomic mass is 10.1. The Balaban J connectivity index is 1.91. The van der Waals surface area contributed by atoms with Crippen LogP contribution in [-0.2, 0) is 0 Å². The van der Waals surface area contributed by atoms with Crippen molar-refractivity contribution in [3.05, 3.63) is 35.9 Å². The van der Waals surface area contributed by atoms with Crippen molar-refractivity contribution in [2.75, 3.05) is 13.9 Å². The minimum atomic E-state index is 0.113. The number of aromatic hydroxyl groups is 1. The van der Waals surface area contributed by atoms with Gasteiger partial charge in [0.2, 0.25) is 6.79 Å². The van der Waals surface area contributed by atoms with Crippen molar-refractivity contribution in [2.45, 2.75) is 6.92 Å². The van der Waals surface area contributed by atoms with E-state index in [0.717, 1.165) is 10.9 Å². The van der Waals surface area contributed by atoms with E-state index >= 15 is 0 Å². The molecule has 0 spiro atoms. The van der Waals surface area contributed by atoms with Gasteiger partial charge in [-0.05, 0) is 25.1 Å². The average Bonchev–Trinajstić information content (AvgIpc) is 3.10. The number of phenols is 1. The Morgan fingerprint density at radius 3 is 2.59 bits per heavy atom. The maximum absolute atomic E-state index is 10.2. The predicted molar refractivity (Wildman–Crippen MR) is 80.7 cm³/mol. The van der Waals surface area contributed by atoms with Crippen LogP contribution in [0.3, 0.4) is 0 Å². The maximum Gasteiger partial charge on any atom is 0.231 e. The predicted octanol–water partition coefficient (Wildman–Crippen LogP) is 3.85. The lowest BCUT2D eigenvalue weighted by Crippen LogP contribution is -1.92. The lowest BCUT2D eigenvalue weighted by molar-refractivity contribution is 0.174. The van der Waals surface area contributed by atoms with Crippen LogP contribution in [0.1, 0.15) is 5.56 Å². The van der Waals surface area contributed by atoms with Crippen LogP contribution in [0.15, 0.2) is 34.7 Å². The van der Waals surface area contributed by atoms with Gasteiger partial charge in [0.05, 0.1) is 12.7 Å². The summed E-state index contributed by atoms with van der Waals surface area (Å²) in [5, 5.41) is 11.1. The monoisotopic (exact) mass is 298 g/mol. The Hall–Kier alpha value is -2.82. The van der Waals surface area contributed by atoms with Crippen LogP contribution in [0.25, 0.3) is 22.3 Å². The van der Waals surface area contributed by atoms with Crippen LogP contribution in [0, 0.1) is 6.92 Å². The molecular formula is C17H14O5. The van der Waals surface area contributed by atoms with E-state index < -0.39 is 0 Å². The summed E-state index contributed by atoms with van der Waals surface area (Å²) in [6.07, 6.45) is 0. The number of fused-ring (bicyclic) bond motifs is 2. The van der Waals surface area contributed by atoms with Crippen molar-refractivity contribution in [1.29, 1.82) is 0 Å². The molecule has 4 rings (SSSR count). The molecule has 1 aliphatic heterocycles. The molecule has 2 aromatic carbocycles. The minimum Gasteiger partial charge on any atom is -0.507 e. The van der Waals surface area contributed by atoms with Gasteiger partial charge in [-0.25, -0.2) is 0 Å². The normalized spacial score (nSPS) is 12.8. The number of methoxy groups -OCH3 is 1. The van der Waals surface area contributed by atoms with Crippen LogP contribution in [0.4, 0.5) is 0 Å². The SMILES string of the molecule is COc1ccc(-c2oc3cc4c(cc3c2C)OCO4)c(O)c1. The summed E-state index contributed by atoms with van der Waals surface area (Å²) in [5.74, 6) is 2.71. The van der Waals surface area contributed by atoms with E-state index in [0.29, 0.717) is 34.2 Å². The number of aryl methyl sites for hydroxylation is 1. The molecule has 3 aromatic rings. The van der Waals surface area contributed by atoms with Crippen LogP contribution >= 0.6 is 0 Å². The van der Waals surface area contributed by atoms with Gasteiger partial charge >= 0.3 is 0 Å². The molecule has 0 amide bonds. The summed E-state index contributed by atoms with van der Waals surface area (Å²) >= 11 is 0. The van der Waals surface area contributed by atoms with E-state index in [2.05, 4.69) is 0 Å². The van der Waals surface area contributed by atoms with Gasteiger partial charge in [-0.3, -0.25) is 0 Å². The van der Waals surface area contributed by atoms with Crippen LogP contribution < -0.4 is 14.2 Å². The Bertz CT molecular complexity index is 878. The van der Waals surface area contributed by atoms with Crippen molar-refractivity contribution < 1.29 is 23.7 Å². The summed E-state index contributed by atoms with van der Waals surface area (Å²) in [5.41, 5.74) is 2.26. The van der Waals surface area contributed by atoms with Crippen molar-refractivity contribution in [3.63, 3.8) is 0 Å². The largest absolute Gasteiger partial charge is 0.507 e. The van der Waals surface area contributed by atoms with E-state index in [4.69, 9.17) is 18.6 Å². The molecule has 1 aliphatic rings. The maximum atomic E-state index is 10.2. The van der Waals surface area contributed by atoms with Crippen LogP contribution in [0.5, 0.6) is 23.0 Å². The number of hydrogen-bond acceptors (Lipinski definition) is 5. The molecule has 112 valence electrons. The Morgan fingerprint density at radius 1 is 1.09 bits per heavy atom. The van der Waals surface area contributed by atoms with Crippen molar-refractivity contribution in [2.24, 2.45) is 0 Å². The third kappa shape index (κ3) is 1.79. The quantitative estimate of drug-likeness (QED) is 0.778. The molecular weight excluding hydrogens is 284 g/mol. The topological polar surface area (TPSA) is 61.1 Å². The van der Waals surface area contributed by atoms with Crippen molar-refractivity contribution in [1.82, 2.24) is 0 Å². The van der Waals surface area contributed by atoms with Gasteiger partial charge in [0, 0.05) is 23.1 Å². The first-order valence-corrected chi connectivity index (χ1v) is 6.87. The third-order valence-electron chi connectivity index (χ3n) is 3.88. The molecule has 0 unspecified atom stereocenters. The molecule has 22 heavy (non-hydrogen) atoms. The zero-order valence-corrected chi connectivity index (χ0v) is 12.2. The molecule has 1 N–H and O–H groups in total. The Labute approximate surface area is 126 Å². The molecule has 1 aromatic heterocycles. The third-order valence-corrected chi connectivity index (χ3v) is 3.88. The standard InChI is InChI=1S/C17H14O5/c1-9-12-6-15-16(21-8-20-15)7-14(12)22-17(9)11-4-3-10(19-2)5-13(11)18/h3-7,18H,8H2,1-2H3. The molecule has 0 fully saturated rings. The van der Waals surface area contributed by atoms with E-state index in [1.165, 1.54) is 0 Å². The van der Waals surface area contributed by atoms with E-state index in [1.54, 1.807) is 25.3 Å². The van der Waals surface area contributed by atoms with Crippen molar-refractivity contribution in [3.8, 4) is 34.3 Å². The highest BCUT2D eigenvalue weighted by molar-refractivity contribution is 5.91. The number of phenolic OH excluding ortho intramolecular Hbond substituents is 1. The Kier molecular flexibility index (Phi) is 2.69. The summed E-state index contributed by atoms with van der Waals surface area (Å²) < 4.78 is 21.8. The van der Waals surface area contributed by atoms with Gasteiger partial charge < -0.3 is 23.7 Å². The van der Waals surface area contributed by atoms with Gasteiger partial charge in [0.15, 0.2) is 11.5 Å². The number of furan rings is 1. The summed E-state index contributed by atoms with van der Waals surface area (Å²) in [7, 11) is 1.56. The molecule has 5 nitrogen and oxygen atoms in total. The van der Waals surface area contributed by atoms with Crippen LogP contribution in [-0.4, -0.2) is 19.0 Å². The fourth-order valence-electron chi connectivity index (χ4n) is 2.70. The number of rotatable bonds is 2. The molecule has 0 saturated heterocycles. The fourth-order valence-corrected chi connectivity index (χ4v) is 2.70. The van der Waals surface area contributed by atoms with E-state index in [-0.39, 0.29) is 12.5 Å². The second-order valence-electron chi connectivity index (χ2n) is 5.14. The number of ether oxygens (including phenoxy) is 3. The molecule has 5 heteroatoms. The van der Waals surface area contributed by atoms with Gasteiger partial charge in [0.25, 0.3) is 0 Å². The van der Waals surface area contributed by atoms with Gasteiger partial charge in [-0.2, -0.15) is 0 Å². The summed E-state index contributed by atoms with van der Waals surface area (Å²) in [4.78, 5) is 0. The lowest BCUT2D eigenvalue weighted by Gasteiger charge is -2.05. The van der Waals surface area contributed by atoms with Gasteiger partial charge in [-0.1, -0.05) is 0 Å². The van der Waals surface area contributed by atoms with E-state index in [9.17, 15) is 5.11 Å². The number of hydrogen-bond donors (Lipinski definition) is 1. The van der Waals surface area contributed by atoms with Gasteiger partial charge in [0.1, 0.15) is 22.8 Å². The average molecular weight is 298 g/mol. The number of benzene rings is 2. The molecule has 0 saturated carbocycles. The molecule has 0 atom stereocenters. The highest BCUT2D eigenvalue weighted by Crippen LogP contribution is 2.43. The fraction of sp³-hybridized carbons (Fsp3) is 0.176. The molecule has 0 bridgehead atoms. The first-order valence-electron chi connectivity index (χ1n) is 6.87. The first-order chi connectivity index (χ1) is 10.7. The molecule has 0 radical (unpaired) electrons. The first kappa shape index (κ1) is 12.9. The smallest absolute Gasteiger partial charge is 0.231 e. The summed E-state index contributed by atoms with van der Waals surface area (Å²) in [6, 6.07) is 8.84. The van der Waals surface area contributed by atoms with Crippen LogP contribution in [0.2, 0.25) is 0 Å². The van der Waals surface area contributed by atoms with Crippen molar-refractivity contribution >= 4 is 11.0 Å². The zero-order chi connectivity index (χ0) is 15.3. The molecule has 2 heterocycles.